The zero-order valence-corrected chi connectivity index (χ0v) is 10.8. The van der Waals surface area contributed by atoms with Crippen molar-refractivity contribution in [1.82, 2.24) is 10.2 Å². The predicted octanol–water partition coefficient (Wildman–Crippen LogP) is 1.54. The van der Waals surface area contributed by atoms with Crippen molar-refractivity contribution in [1.29, 1.82) is 0 Å². The van der Waals surface area contributed by atoms with E-state index in [0.29, 0.717) is 0 Å². The highest BCUT2D eigenvalue weighted by Gasteiger charge is 2.12. The Morgan fingerprint density at radius 1 is 1.33 bits per heavy atom. The lowest BCUT2D eigenvalue weighted by Gasteiger charge is -2.14. The summed E-state index contributed by atoms with van der Waals surface area (Å²) in [4.78, 5) is 2.07. The van der Waals surface area contributed by atoms with Gasteiger partial charge in [0, 0.05) is 18.2 Å². The molecule has 1 aromatic rings. The fourth-order valence-corrected chi connectivity index (χ4v) is 1.64. The van der Waals surface area contributed by atoms with Gasteiger partial charge in [-0.1, -0.05) is 6.07 Å². The molecule has 1 aromatic carbocycles. The van der Waals surface area contributed by atoms with E-state index in [0.717, 1.165) is 31.6 Å². The minimum Gasteiger partial charge on any atom is -0.387 e. The molecule has 0 aliphatic heterocycles. The van der Waals surface area contributed by atoms with E-state index in [-0.39, 0.29) is 12.1 Å². The molecular formula is C13H20F2N2O. The third-order valence-electron chi connectivity index (χ3n) is 2.62. The first kappa shape index (κ1) is 15.0. The van der Waals surface area contributed by atoms with E-state index in [9.17, 15) is 13.9 Å². The monoisotopic (exact) mass is 258 g/mol. The lowest BCUT2D eigenvalue weighted by atomic mass is 10.1. The highest BCUT2D eigenvalue weighted by molar-refractivity contribution is 5.21. The van der Waals surface area contributed by atoms with Gasteiger partial charge in [0.05, 0.1) is 6.10 Å². The normalized spacial score (nSPS) is 13.0. The zero-order chi connectivity index (χ0) is 13.5. The molecule has 1 rings (SSSR count). The van der Waals surface area contributed by atoms with E-state index >= 15 is 0 Å². The molecule has 18 heavy (non-hydrogen) atoms. The fourth-order valence-electron chi connectivity index (χ4n) is 1.64. The number of nitrogens with one attached hydrogen (secondary N) is 1. The second-order valence-corrected chi connectivity index (χ2v) is 4.54. The van der Waals surface area contributed by atoms with Crippen LogP contribution in [0.2, 0.25) is 0 Å². The Labute approximate surface area is 106 Å². The van der Waals surface area contributed by atoms with Crippen molar-refractivity contribution in [3.05, 3.63) is 35.4 Å². The van der Waals surface area contributed by atoms with Crippen molar-refractivity contribution in [3.63, 3.8) is 0 Å². The molecule has 0 aliphatic carbocycles. The SMILES string of the molecule is CN(C)CCCNCC(O)c1ccc(F)cc1F. The van der Waals surface area contributed by atoms with Crippen LogP contribution in [-0.4, -0.2) is 43.7 Å². The molecule has 1 unspecified atom stereocenters. The van der Waals surface area contributed by atoms with Gasteiger partial charge in [0.15, 0.2) is 0 Å². The minimum atomic E-state index is -0.954. The summed E-state index contributed by atoms with van der Waals surface area (Å²) >= 11 is 0. The fraction of sp³-hybridized carbons (Fsp3) is 0.538. The Bertz CT molecular complexity index is 372. The lowest BCUT2D eigenvalue weighted by molar-refractivity contribution is 0.169. The molecule has 102 valence electrons. The van der Waals surface area contributed by atoms with Crippen LogP contribution in [0.5, 0.6) is 0 Å². The summed E-state index contributed by atoms with van der Waals surface area (Å²) in [6.07, 6.45) is -0.00372. The van der Waals surface area contributed by atoms with Crippen molar-refractivity contribution < 1.29 is 13.9 Å². The smallest absolute Gasteiger partial charge is 0.131 e. The molecule has 0 bridgehead atoms. The number of hydrogen-bond donors (Lipinski definition) is 2. The molecule has 1 atom stereocenters. The maximum Gasteiger partial charge on any atom is 0.131 e. The van der Waals surface area contributed by atoms with E-state index in [2.05, 4.69) is 10.2 Å². The van der Waals surface area contributed by atoms with Crippen LogP contribution in [-0.2, 0) is 0 Å². The number of aliphatic hydroxyl groups is 1. The average molecular weight is 258 g/mol. The van der Waals surface area contributed by atoms with Gasteiger partial charge in [0.2, 0.25) is 0 Å². The topological polar surface area (TPSA) is 35.5 Å². The third-order valence-corrected chi connectivity index (χ3v) is 2.62. The van der Waals surface area contributed by atoms with Crippen LogP contribution in [0.1, 0.15) is 18.1 Å². The van der Waals surface area contributed by atoms with Gasteiger partial charge in [-0.3, -0.25) is 0 Å². The number of rotatable bonds is 7. The molecule has 0 heterocycles. The van der Waals surface area contributed by atoms with Gasteiger partial charge < -0.3 is 15.3 Å². The van der Waals surface area contributed by atoms with Gasteiger partial charge in [0.1, 0.15) is 11.6 Å². The highest BCUT2D eigenvalue weighted by atomic mass is 19.1. The van der Waals surface area contributed by atoms with Gasteiger partial charge in [-0.25, -0.2) is 8.78 Å². The Morgan fingerprint density at radius 2 is 2.06 bits per heavy atom. The number of halogens is 2. The third kappa shape index (κ3) is 5.08. The number of aliphatic hydroxyl groups excluding tert-OH is 1. The zero-order valence-electron chi connectivity index (χ0n) is 10.8. The van der Waals surface area contributed by atoms with Crippen molar-refractivity contribution >= 4 is 0 Å². The second-order valence-electron chi connectivity index (χ2n) is 4.54. The van der Waals surface area contributed by atoms with Gasteiger partial charge in [0.25, 0.3) is 0 Å². The van der Waals surface area contributed by atoms with Crippen molar-refractivity contribution in [2.45, 2.75) is 12.5 Å². The molecule has 0 saturated carbocycles. The molecule has 5 heteroatoms. The molecule has 0 aliphatic rings. The van der Waals surface area contributed by atoms with Crippen LogP contribution in [0.4, 0.5) is 8.78 Å². The molecule has 0 amide bonds. The summed E-state index contributed by atoms with van der Waals surface area (Å²) in [6, 6.07) is 3.20. The standard InChI is InChI=1S/C13H20F2N2O/c1-17(2)7-3-6-16-9-13(18)11-5-4-10(14)8-12(11)15/h4-5,8,13,16,18H,3,6-7,9H2,1-2H3. The molecule has 0 aromatic heterocycles. The Balaban J connectivity index is 2.34. The van der Waals surface area contributed by atoms with E-state index in [4.69, 9.17) is 0 Å². The molecule has 0 fully saturated rings. The van der Waals surface area contributed by atoms with Gasteiger partial charge in [-0.15, -0.1) is 0 Å². The van der Waals surface area contributed by atoms with Crippen molar-refractivity contribution in [3.8, 4) is 0 Å². The minimum absolute atomic E-state index is 0.122. The maximum absolute atomic E-state index is 13.3. The van der Waals surface area contributed by atoms with Crippen molar-refractivity contribution in [2.75, 3.05) is 33.7 Å². The van der Waals surface area contributed by atoms with Gasteiger partial charge >= 0.3 is 0 Å². The highest BCUT2D eigenvalue weighted by Crippen LogP contribution is 2.17. The summed E-state index contributed by atoms with van der Waals surface area (Å²) < 4.78 is 26.0. The van der Waals surface area contributed by atoms with Crippen LogP contribution in [0.15, 0.2) is 18.2 Å². The number of nitrogens with zero attached hydrogens (tertiary/aromatic N) is 1. The molecule has 0 saturated heterocycles. The molecular weight excluding hydrogens is 238 g/mol. The molecule has 2 N–H and O–H groups in total. The van der Waals surface area contributed by atoms with Crippen LogP contribution in [0.25, 0.3) is 0 Å². The Kier molecular flexibility index (Phi) is 6.18. The average Bonchev–Trinajstić information content (AvgIpc) is 2.27. The van der Waals surface area contributed by atoms with E-state index in [1.165, 1.54) is 6.07 Å². The van der Waals surface area contributed by atoms with Crippen LogP contribution < -0.4 is 5.32 Å². The first-order chi connectivity index (χ1) is 8.50. The number of hydrogen-bond acceptors (Lipinski definition) is 3. The van der Waals surface area contributed by atoms with Crippen LogP contribution in [0, 0.1) is 11.6 Å². The second kappa shape index (κ2) is 7.41. The van der Waals surface area contributed by atoms with Crippen LogP contribution >= 0.6 is 0 Å². The summed E-state index contributed by atoms with van der Waals surface area (Å²) in [6.45, 7) is 1.96. The molecule has 0 radical (unpaired) electrons. The first-order valence-electron chi connectivity index (χ1n) is 5.99. The van der Waals surface area contributed by atoms with Crippen LogP contribution in [0.3, 0.4) is 0 Å². The molecule has 3 nitrogen and oxygen atoms in total. The van der Waals surface area contributed by atoms with Crippen molar-refractivity contribution in [2.24, 2.45) is 0 Å². The molecule has 0 spiro atoms. The largest absolute Gasteiger partial charge is 0.387 e. The maximum atomic E-state index is 13.3. The Morgan fingerprint density at radius 3 is 2.67 bits per heavy atom. The van der Waals surface area contributed by atoms with E-state index in [1.54, 1.807) is 0 Å². The van der Waals surface area contributed by atoms with E-state index < -0.39 is 17.7 Å². The predicted molar refractivity (Wildman–Crippen MR) is 67.4 cm³/mol. The van der Waals surface area contributed by atoms with Gasteiger partial charge in [-0.2, -0.15) is 0 Å². The lowest BCUT2D eigenvalue weighted by Crippen LogP contribution is -2.25. The quantitative estimate of drug-likeness (QED) is 0.728. The summed E-state index contributed by atoms with van der Waals surface area (Å²) in [5, 5.41) is 12.8. The summed E-state index contributed by atoms with van der Waals surface area (Å²) in [7, 11) is 3.98. The van der Waals surface area contributed by atoms with E-state index in [1.807, 2.05) is 14.1 Å². The first-order valence-corrected chi connectivity index (χ1v) is 5.99. The number of benzene rings is 1. The van der Waals surface area contributed by atoms with Gasteiger partial charge in [-0.05, 0) is 39.7 Å². The summed E-state index contributed by atoms with van der Waals surface area (Å²) in [5.74, 6) is -1.35. The Hall–Kier alpha value is -1.04. The summed E-state index contributed by atoms with van der Waals surface area (Å²) in [5.41, 5.74) is 0.122.